The summed E-state index contributed by atoms with van der Waals surface area (Å²) < 4.78 is 0. The van der Waals surface area contributed by atoms with Crippen LogP contribution < -0.4 is 5.32 Å². The number of nitrogens with one attached hydrogen (secondary N) is 1. The van der Waals surface area contributed by atoms with E-state index < -0.39 is 0 Å². The van der Waals surface area contributed by atoms with Crippen molar-refractivity contribution in [2.24, 2.45) is 0 Å². The van der Waals surface area contributed by atoms with Crippen LogP contribution in [0.25, 0.3) is 11.4 Å². The summed E-state index contributed by atoms with van der Waals surface area (Å²) in [4.78, 5) is 16.8. The van der Waals surface area contributed by atoms with Gasteiger partial charge < -0.3 is 5.32 Å². The van der Waals surface area contributed by atoms with Gasteiger partial charge in [0.15, 0.2) is 0 Å². The lowest BCUT2D eigenvalue weighted by atomic mass is 10.3. The molecule has 0 spiro atoms. The third-order valence-corrected chi connectivity index (χ3v) is 2.39. The maximum Gasteiger partial charge on any atom is 0.223 e. The average Bonchev–Trinajstić information content (AvgIpc) is 3.15. The molecule has 1 aliphatic carbocycles. The predicted molar refractivity (Wildman–Crippen MR) is 59.7 cm³/mol. The Hall–Kier alpha value is -2.04. The lowest BCUT2D eigenvalue weighted by Crippen LogP contribution is -2.05. The van der Waals surface area contributed by atoms with E-state index in [0.717, 1.165) is 11.4 Å². The van der Waals surface area contributed by atoms with E-state index in [0.29, 0.717) is 12.0 Å². The molecule has 1 fully saturated rings. The van der Waals surface area contributed by atoms with Crippen LogP contribution in [-0.4, -0.2) is 26.0 Å². The van der Waals surface area contributed by atoms with Gasteiger partial charge in [-0.15, -0.1) is 0 Å². The first-order valence-corrected chi connectivity index (χ1v) is 5.28. The van der Waals surface area contributed by atoms with Crippen molar-refractivity contribution in [1.29, 1.82) is 0 Å². The molecule has 5 nitrogen and oxygen atoms in total. The van der Waals surface area contributed by atoms with Crippen LogP contribution in [0.3, 0.4) is 0 Å². The summed E-state index contributed by atoms with van der Waals surface area (Å²) in [5.74, 6) is 0.672. The highest BCUT2D eigenvalue weighted by atomic mass is 15.1. The highest BCUT2D eigenvalue weighted by Crippen LogP contribution is 2.23. The van der Waals surface area contributed by atoms with E-state index in [1.807, 2.05) is 6.07 Å². The zero-order chi connectivity index (χ0) is 10.8. The van der Waals surface area contributed by atoms with Crippen molar-refractivity contribution < 1.29 is 0 Å². The van der Waals surface area contributed by atoms with Crippen molar-refractivity contribution in [2.45, 2.75) is 18.9 Å². The predicted octanol–water partition coefficient (Wildman–Crippen LogP) is 1.51. The van der Waals surface area contributed by atoms with Crippen molar-refractivity contribution in [1.82, 2.24) is 19.9 Å². The van der Waals surface area contributed by atoms with Crippen LogP contribution in [0.15, 0.2) is 30.9 Å². The lowest BCUT2D eigenvalue weighted by Gasteiger charge is -2.03. The van der Waals surface area contributed by atoms with Gasteiger partial charge in [0, 0.05) is 24.6 Å². The monoisotopic (exact) mass is 213 g/mol. The minimum Gasteiger partial charge on any atom is -0.351 e. The van der Waals surface area contributed by atoms with Gasteiger partial charge in [0.1, 0.15) is 5.69 Å². The molecule has 0 unspecified atom stereocenters. The Morgan fingerprint density at radius 1 is 1.06 bits per heavy atom. The smallest absolute Gasteiger partial charge is 0.223 e. The number of hydrogen-bond acceptors (Lipinski definition) is 5. The molecular weight excluding hydrogens is 202 g/mol. The first-order chi connectivity index (χ1) is 7.92. The number of hydrogen-bond donors (Lipinski definition) is 1. The van der Waals surface area contributed by atoms with Gasteiger partial charge in [-0.3, -0.25) is 9.97 Å². The molecule has 80 valence electrons. The lowest BCUT2D eigenvalue weighted by molar-refractivity contribution is 1.05. The fraction of sp³-hybridized carbons (Fsp3) is 0.273. The molecule has 5 heteroatoms. The molecule has 0 aliphatic heterocycles. The fourth-order valence-electron chi connectivity index (χ4n) is 1.41. The van der Waals surface area contributed by atoms with Crippen LogP contribution in [0.5, 0.6) is 0 Å². The Balaban J connectivity index is 1.89. The zero-order valence-corrected chi connectivity index (χ0v) is 8.67. The third-order valence-electron chi connectivity index (χ3n) is 2.39. The number of anilines is 1. The van der Waals surface area contributed by atoms with Crippen LogP contribution in [-0.2, 0) is 0 Å². The summed E-state index contributed by atoms with van der Waals surface area (Å²) >= 11 is 0. The maximum atomic E-state index is 4.40. The molecule has 0 bridgehead atoms. The van der Waals surface area contributed by atoms with E-state index in [-0.39, 0.29) is 0 Å². The van der Waals surface area contributed by atoms with Gasteiger partial charge in [-0.25, -0.2) is 9.97 Å². The second-order valence-corrected chi connectivity index (χ2v) is 3.77. The quantitative estimate of drug-likeness (QED) is 0.837. The minimum atomic E-state index is 0.553. The summed E-state index contributed by atoms with van der Waals surface area (Å²) in [6, 6.07) is 2.39. The molecule has 0 radical (unpaired) electrons. The molecule has 3 rings (SSSR count). The molecule has 1 aliphatic rings. The summed E-state index contributed by atoms with van der Waals surface area (Å²) in [5, 5.41) is 3.26. The van der Waals surface area contributed by atoms with Crippen LogP contribution >= 0.6 is 0 Å². The van der Waals surface area contributed by atoms with Crippen molar-refractivity contribution >= 4 is 5.95 Å². The van der Waals surface area contributed by atoms with Crippen LogP contribution in [0, 0.1) is 0 Å². The molecule has 2 aromatic rings. The van der Waals surface area contributed by atoms with E-state index >= 15 is 0 Å². The van der Waals surface area contributed by atoms with Gasteiger partial charge in [0.2, 0.25) is 5.95 Å². The van der Waals surface area contributed by atoms with Gasteiger partial charge in [-0.2, -0.15) is 0 Å². The van der Waals surface area contributed by atoms with E-state index in [2.05, 4.69) is 25.3 Å². The largest absolute Gasteiger partial charge is 0.351 e. The maximum absolute atomic E-state index is 4.40. The molecule has 16 heavy (non-hydrogen) atoms. The second kappa shape index (κ2) is 3.84. The average molecular weight is 213 g/mol. The minimum absolute atomic E-state index is 0.553. The molecule has 0 atom stereocenters. The highest BCUT2D eigenvalue weighted by Gasteiger charge is 2.21. The van der Waals surface area contributed by atoms with E-state index in [1.165, 1.54) is 12.8 Å². The Labute approximate surface area is 93.0 Å². The molecule has 2 heterocycles. The van der Waals surface area contributed by atoms with E-state index in [9.17, 15) is 0 Å². The van der Waals surface area contributed by atoms with Crippen molar-refractivity contribution in [2.75, 3.05) is 5.32 Å². The molecule has 0 aromatic carbocycles. The summed E-state index contributed by atoms with van der Waals surface area (Å²) in [6.45, 7) is 0. The van der Waals surface area contributed by atoms with Gasteiger partial charge in [-0.05, 0) is 18.9 Å². The molecule has 1 N–H and O–H groups in total. The molecular formula is C11H11N5. The summed E-state index contributed by atoms with van der Waals surface area (Å²) in [6.07, 6.45) is 9.15. The molecule has 0 amide bonds. The van der Waals surface area contributed by atoms with Crippen molar-refractivity contribution in [3.63, 3.8) is 0 Å². The second-order valence-electron chi connectivity index (χ2n) is 3.77. The summed E-state index contributed by atoms with van der Waals surface area (Å²) in [7, 11) is 0. The van der Waals surface area contributed by atoms with Crippen LogP contribution in [0.1, 0.15) is 12.8 Å². The zero-order valence-electron chi connectivity index (χ0n) is 8.67. The molecule has 0 saturated heterocycles. The topological polar surface area (TPSA) is 63.6 Å². The van der Waals surface area contributed by atoms with Crippen molar-refractivity contribution in [3.8, 4) is 11.4 Å². The van der Waals surface area contributed by atoms with Gasteiger partial charge in [0.25, 0.3) is 0 Å². The van der Waals surface area contributed by atoms with Crippen LogP contribution in [0.2, 0.25) is 0 Å². The third kappa shape index (κ3) is 1.98. The van der Waals surface area contributed by atoms with Gasteiger partial charge >= 0.3 is 0 Å². The first-order valence-electron chi connectivity index (χ1n) is 5.28. The number of aromatic nitrogens is 4. The van der Waals surface area contributed by atoms with E-state index in [4.69, 9.17) is 0 Å². The standard InChI is InChI=1S/C11H11N5/c1-2-8(1)15-11-14-4-3-9(16-11)10-7-12-5-6-13-10/h3-8H,1-2H2,(H,14,15,16). The fourth-order valence-corrected chi connectivity index (χ4v) is 1.41. The number of rotatable bonds is 3. The Bertz CT molecular complexity index is 481. The SMILES string of the molecule is c1cnc(-c2ccnc(NC3CC3)n2)cn1. The molecule has 1 saturated carbocycles. The van der Waals surface area contributed by atoms with Crippen molar-refractivity contribution in [3.05, 3.63) is 30.9 Å². The van der Waals surface area contributed by atoms with Crippen LogP contribution in [0.4, 0.5) is 5.95 Å². The van der Waals surface area contributed by atoms with Gasteiger partial charge in [0.05, 0.1) is 11.9 Å². The Kier molecular flexibility index (Phi) is 2.21. The summed E-state index contributed by atoms with van der Waals surface area (Å²) in [5.41, 5.74) is 1.56. The van der Waals surface area contributed by atoms with Gasteiger partial charge in [-0.1, -0.05) is 0 Å². The highest BCUT2D eigenvalue weighted by molar-refractivity contribution is 5.53. The normalized spacial score (nSPS) is 14.8. The number of nitrogens with zero attached hydrogens (tertiary/aromatic N) is 4. The Morgan fingerprint density at radius 3 is 2.75 bits per heavy atom. The Morgan fingerprint density at radius 2 is 2.00 bits per heavy atom. The van der Waals surface area contributed by atoms with E-state index in [1.54, 1.807) is 24.8 Å². The first kappa shape index (κ1) is 9.21. The molecule has 2 aromatic heterocycles.